The molecule has 6 rings (SSSR count). The normalized spacial score (nSPS) is 28.4. The second-order valence-corrected chi connectivity index (χ2v) is 12.3. The van der Waals surface area contributed by atoms with E-state index in [1.54, 1.807) is 12.2 Å². The van der Waals surface area contributed by atoms with E-state index < -0.39 is 53.3 Å². The molecule has 0 aromatic heterocycles. The Morgan fingerprint density at radius 2 is 1.04 bits per heavy atom. The number of hydrogen-bond donors (Lipinski definition) is 0. The third kappa shape index (κ3) is 5.90. The highest BCUT2D eigenvalue weighted by molar-refractivity contribution is 5.92. The van der Waals surface area contributed by atoms with E-state index in [0.717, 1.165) is 35.4 Å². The molecular weight excluding hydrogens is 602 g/mol. The molecule has 12 heteroatoms. The van der Waals surface area contributed by atoms with Gasteiger partial charge in [-0.15, -0.1) is 0 Å². The third-order valence-corrected chi connectivity index (χ3v) is 9.71. The van der Waals surface area contributed by atoms with Gasteiger partial charge in [-0.05, 0) is 98.5 Å². The summed E-state index contributed by atoms with van der Waals surface area (Å²) in [4.78, 5) is 30.1. The van der Waals surface area contributed by atoms with Gasteiger partial charge in [0.15, 0.2) is 11.4 Å². The van der Waals surface area contributed by atoms with E-state index in [0.29, 0.717) is 49.7 Å². The number of carbonyl (C=O) groups is 2. The summed E-state index contributed by atoms with van der Waals surface area (Å²) < 4.78 is 90.2. The van der Waals surface area contributed by atoms with Gasteiger partial charge in [-0.2, -0.15) is 26.3 Å². The van der Waals surface area contributed by atoms with Crippen molar-refractivity contribution in [1.29, 1.82) is 0 Å². The predicted molar refractivity (Wildman–Crippen MR) is 152 cm³/mol. The van der Waals surface area contributed by atoms with Crippen LogP contribution in [0.5, 0.6) is 0 Å². The fourth-order valence-electron chi connectivity index (χ4n) is 7.14. The first-order valence-corrected chi connectivity index (χ1v) is 14.8. The van der Waals surface area contributed by atoms with Crippen LogP contribution in [0.4, 0.5) is 26.3 Å². The summed E-state index contributed by atoms with van der Waals surface area (Å²) in [5.74, 6) is -1.59. The van der Waals surface area contributed by atoms with Crippen molar-refractivity contribution in [2.24, 2.45) is 0 Å². The number of ether oxygens (including phenoxy) is 2. The summed E-state index contributed by atoms with van der Waals surface area (Å²) in [5.41, 5.74) is -1.05. The van der Waals surface area contributed by atoms with Gasteiger partial charge in [-0.3, -0.25) is 19.4 Å². The molecule has 0 saturated carbocycles. The van der Waals surface area contributed by atoms with Gasteiger partial charge in [0.2, 0.25) is 0 Å². The molecule has 4 aliphatic rings. The zero-order valence-electron chi connectivity index (χ0n) is 24.7. The molecule has 0 aliphatic carbocycles. The van der Waals surface area contributed by atoms with Crippen molar-refractivity contribution in [1.82, 2.24) is 9.80 Å². The fourth-order valence-corrected chi connectivity index (χ4v) is 7.14. The zero-order valence-corrected chi connectivity index (χ0v) is 24.7. The topological polar surface area (TPSA) is 59.1 Å². The summed E-state index contributed by atoms with van der Waals surface area (Å²) in [7, 11) is 3.62. The Hall–Kier alpha value is -3.64. The average Bonchev–Trinajstić information content (AvgIpc) is 3.23. The van der Waals surface area contributed by atoms with Gasteiger partial charge in [-0.1, -0.05) is 24.3 Å². The number of benzene rings is 2. The lowest BCUT2D eigenvalue weighted by Crippen LogP contribution is -2.50. The minimum absolute atomic E-state index is 0.00556. The van der Waals surface area contributed by atoms with Crippen LogP contribution >= 0.6 is 0 Å². The van der Waals surface area contributed by atoms with Gasteiger partial charge in [0, 0.05) is 24.9 Å². The summed E-state index contributed by atoms with van der Waals surface area (Å²) in [6.45, 7) is 0. The van der Waals surface area contributed by atoms with Crippen LogP contribution in [0.2, 0.25) is 0 Å². The number of alkyl halides is 6. The van der Waals surface area contributed by atoms with Crippen LogP contribution in [0.15, 0.2) is 60.7 Å². The van der Waals surface area contributed by atoms with Crippen molar-refractivity contribution in [3.8, 4) is 0 Å². The molecule has 0 radical (unpaired) electrons. The summed E-state index contributed by atoms with van der Waals surface area (Å²) in [6, 6.07) is 9.75. The number of esters is 2. The number of rotatable bonds is 6. The first-order valence-electron chi connectivity index (χ1n) is 14.8. The van der Waals surface area contributed by atoms with Crippen LogP contribution in [-0.4, -0.2) is 59.4 Å². The minimum Gasteiger partial charge on any atom is -0.440 e. The van der Waals surface area contributed by atoms with E-state index in [-0.39, 0.29) is 12.1 Å². The molecule has 0 N–H and O–H groups in total. The molecule has 2 aromatic carbocycles. The average molecular weight is 635 g/mol. The molecule has 4 atom stereocenters. The molecular formula is C33H32F6N2O4. The Bertz CT molecular complexity index is 1430. The van der Waals surface area contributed by atoms with Crippen LogP contribution in [0.3, 0.4) is 0 Å². The Morgan fingerprint density at radius 3 is 1.38 bits per heavy atom. The van der Waals surface area contributed by atoms with Crippen molar-refractivity contribution in [3.05, 3.63) is 82.9 Å². The Labute approximate surface area is 256 Å². The van der Waals surface area contributed by atoms with E-state index in [1.165, 1.54) is 24.3 Å². The molecule has 6 nitrogen and oxygen atoms in total. The zero-order chi connectivity index (χ0) is 32.4. The summed E-state index contributed by atoms with van der Waals surface area (Å²) in [6.07, 6.45) is -2.56. The second-order valence-electron chi connectivity index (χ2n) is 12.3. The second kappa shape index (κ2) is 11.0. The smallest absolute Gasteiger partial charge is 0.416 e. The number of halogens is 6. The van der Waals surface area contributed by atoms with Crippen molar-refractivity contribution in [2.45, 2.75) is 80.8 Å². The lowest BCUT2D eigenvalue weighted by atomic mass is 9.93. The number of likely N-dealkylation sites (N-methyl/N-ethyl adjacent to an activating group) is 2. The lowest BCUT2D eigenvalue weighted by Gasteiger charge is -2.41. The van der Waals surface area contributed by atoms with E-state index in [4.69, 9.17) is 9.47 Å². The first-order chi connectivity index (χ1) is 21.1. The monoisotopic (exact) mass is 634 g/mol. The van der Waals surface area contributed by atoms with Gasteiger partial charge < -0.3 is 9.47 Å². The SMILES string of the molecule is CN1C2CCC1(OC(=O)CC(=O)OC13C=C(c4ccc(C(F)(F)F)cc4)CC(CC1)N3C)C=C(c1ccc(C(F)(F)F)cc1)C2. The van der Waals surface area contributed by atoms with Gasteiger partial charge >= 0.3 is 24.3 Å². The Balaban J connectivity index is 1.16. The van der Waals surface area contributed by atoms with Gasteiger partial charge in [-0.25, -0.2) is 0 Å². The van der Waals surface area contributed by atoms with Gasteiger partial charge in [0.25, 0.3) is 0 Å². The molecule has 4 unspecified atom stereocenters. The van der Waals surface area contributed by atoms with Crippen LogP contribution in [-0.2, 0) is 31.4 Å². The maximum absolute atomic E-state index is 13.1. The predicted octanol–water partition coefficient (Wildman–Crippen LogP) is 7.06. The van der Waals surface area contributed by atoms with E-state index in [9.17, 15) is 35.9 Å². The standard InChI is InChI=1S/C33H32F6N2O4/c1-40-26-11-13-30(40,18-22(15-26)20-3-7-24(8-4-20)32(34,35)36)44-28(42)17-29(43)45-31-14-12-27(41(31)2)16-23(19-31)21-5-9-25(10-6-21)33(37,38)39/h3-10,18-19,26-27H,11-17H2,1-2H3. The van der Waals surface area contributed by atoms with Crippen LogP contribution < -0.4 is 0 Å². The van der Waals surface area contributed by atoms with Crippen LogP contribution in [0, 0.1) is 0 Å². The maximum Gasteiger partial charge on any atom is 0.416 e. The summed E-state index contributed by atoms with van der Waals surface area (Å²) >= 11 is 0. The number of fused-ring (bicyclic) bond motifs is 4. The van der Waals surface area contributed by atoms with Crippen LogP contribution in [0.25, 0.3) is 11.1 Å². The number of carbonyl (C=O) groups excluding carboxylic acids is 2. The molecule has 2 aromatic rings. The molecule has 0 amide bonds. The molecule has 240 valence electrons. The third-order valence-electron chi connectivity index (χ3n) is 9.71. The van der Waals surface area contributed by atoms with E-state index >= 15 is 0 Å². The molecule has 4 heterocycles. The van der Waals surface area contributed by atoms with Crippen molar-refractivity contribution in [2.75, 3.05) is 14.1 Å². The Morgan fingerprint density at radius 1 is 0.689 bits per heavy atom. The highest BCUT2D eigenvalue weighted by atomic mass is 19.4. The molecule has 2 saturated heterocycles. The highest BCUT2D eigenvalue weighted by Gasteiger charge is 2.51. The summed E-state index contributed by atoms with van der Waals surface area (Å²) in [5, 5.41) is 0. The maximum atomic E-state index is 13.1. The van der Waals surface area contributed by atoms with Crippen LogP contribution in [0.1, 0.15) is 67.2 Å². The van der Waals surface area contributed by atoms with Crippen molar-refractivity contribution in [3.63, 3.8) is 0 Å². The largest absolute Gasteiger partial charge is 0.440 e. The van der Waals surface area contributed by atoms with E-state index in [2.05, 4.69) is 0 Å². The van der Waals surface area contributed by atoms with E-state index in [1.807, 2.05) is 23.9 Å². The Kier molecular flexibility index (Phi) is 7.67. The quantitative estimate of drug-likeness (QED) is 0.193. The first kappa shape index (κ1) is 31.3. The molecule has 4 bridgehead atoms. The number of nitrogens with zero attached hydrogens (tertiary/aromatic N) is 2. The molecule has 2 fully saturated rings. The number of hydrogen-bond acceptors (Lipinski definition) is 6. The minimum atomic E-state index is -4.45. The lowest BCUT2D eigenvalue weighted by molar-refractivity contribution is -0.181. The van der Waals surface area contributed by atoms with Crippen molar-refractivity contribution < 1.29 is 45.4 Å². The van der Waals surface area contributed by atoms with Gasteiger partial charge in [0.1, 0.15) is 6.42 Å². The highest BCUT2D eigenvalue weighted by Crippen LogP contribution is 2.47. The molecule has 0 spiro atoms. The molecule has 4 aliphatic heterocycles. The molecule has 45 heavy (non-hydrogen) atoms. The van der Waals surface area contributed by atoms with Crippen molar-refractivity contribution >= 4 is 23.1 Å². The fraction of sp³-hybridized carbons (Fsp3) is 0.455. The van der Waals surface area contributed by atoms with Gasteiger partial charge in [0.05, 0.1) is 11.1 Å².